The van der Waals surface area contributed by atoms with Gasteiger partial charge in [-0.2, -0.15) is 0 Å². The van der Waals surface area contributed by atoms with Gasteiger partial charge in [0.15, 0.2) is 0 Å². The van der Waals surface area contributed by atoms with Crippen molar-refractivity contribution in [2.45, 2.75) is 86.5 Å². The summed E-state index contributed by atoms with van der Waals surface area (Å²) in [4.78, 5) is 35.7. The fourth-order valence-corrected chi connectivity index (χ4v) is 2.06. The van der Waals surface area contributed by atoms with Gasteiger partial charge >= 0.3 is 6.09 Å². The number of nitrogens with two attached hydrogens (primary N) is 1. The molecular weight excluding hydrogens is 446 g/mol. The smallest absolute Gasteiger partial charge is 0.408 e. The Morgan fingerprint density at radius 2 is 1.63 bits per heavy atom. The lowest BCUT2D eigenvalue weighted by atomic mass is 10.2. The zero-order valence-corrected chi connectivity index (χ0v) is 23.5. The molecule has 1 rings (SSSR count). The van der Waals surface area contributed by atoms with E-state index in [4.69, 9.17) is 10.5 Å². The molecular formula is C27H51N3O5. The van der Waals surface area contributed by atoms with Crippen molar-refractivity contribution in [3.63, 3.8) is 0 Å². The van der Waals surface area contributed by atoms with Crippen LogP contribution < -0.4 is 11.1 Å². The van der Waals surface area contributed by atoms with Crippen LogP contribution in [0.15, 0.2) is 38.0 Å². The molecule has 1 fully saturated rings. The highest BCUT2D eigenvalue weighted by Gasteiger charge is 2.37. The fraction of sp³-hybridized carbons (Fsp3) is 0.593. The van der Waals surface area contributed by atoms with E-state index in [9.17, 15) is 19.5 Å². The van der Waals surface area contributed by atoms with Crippen LogP contribution in [0.3, 0.4) is 0 Å². The summed E-state index contributed by atoms with van der Waals surface area (Å²) in [6.07, 6.45) is 12.2. The van der Waals surface area contributed by atoms with Gasteiger partial charge in [0, 0.05) is 13.0 Å². The second-order valence-electron chi connectivity index (χ2n) is 8.20. The van der Waals surface area contributed by atoms with Crippen LogP contribution in [-0.2, 0) is 14.3 Å². The fourth-order valence-electron chi connectivity index (χ4n) is 2.06. The van der Waals surface area contributed by atoms with Crippen LogP contribution in [0.25, 0.3) is 0 Å². The Morgan fingerprint density at radius 3 is 1.91 bits per heavy atom. The second kappa shape index (κ2) is 27.2. The van der Waals surface area contributed by atoms with Gasteiger partial charge in [-0.15, -0.1) is 26.0 Å². The molecule has 8 nitrogen and oxygen atoms in total. The highest BCUT2D eigenvalue weighted by molar-refractivity contribution is 5.89. The quantitative estimate of drug-likeness (QED) is 0.301. The van der Waals surface area contributed by atoms with Gasteiger partial charge in [-0.05, 0) is 33.6 Å². The maximum atomic E-state index is 11.9. The van der Waals surface area contributed by atoms with E-state index >= 15 is 0 Å². The summed E-state index contributed by atoms with van der Waals surface area (Å²) < 4.78 is 4.98. The molecule has 0 aromatic carbocycles. The summed E-state index contributed by atoms with van der Waals surface area (Å²) >= 11 is 0. The number of terminal acetylenes is 1. The third kappa shape index (κ3) is 30.9. The van der Waals surface area contributed by atoms with Gasteiger partial charge in [-0.1, -0.05) is 59.4 Å². The Bertz CT molecular complexity index is 605. The Morgan fingerprint density at radius 1 is 1.20 bits per heavy atom. The molecule has 35 heavy (non-hydrogen) atoms. The number of nitrogens with zero attached hydrogens (tertiary/aromatic N) is 1. The SMILES string of the molecule is C#C.C=C.C=C/C=C\C.CC.CC(C)(C)OC(=O)NCC(=O)N1C[C@@H](O)C[C@H]1C(N)=O.CC(C)C. The number of hydrogen-bond acceptors (Lipinski definition) is 5. The molecule has 0 aromatic rings. The van der Waals surface area contributed by atoms with Gasteiger partial charge in [-0.3, -0.25) is 9.59 Å². The first-order valence-corrected chi connectivity index (χ1v) is 11.6. The van der Waals surface area contributed by atoms with Gasteiger partial charge in [0.25, 0.3) is 0 Å². The van der Waals surface area contributed by atoms with Gasteiger partial charge in [0.05, 0.1) is 6.10 Å². The number of primary amides is 1. The molecule has 0 spiro atoms. The maximum absolute atomic E-state index is 11.9. The molecule has 204 valence electrons. The molecule has 2 atom stereocenters. The Kier molecular flexibility index (Phi) is 32.7. The average Bonchev–Trinajstić information content (AvgIpc) is 3.18. The lowest BCUT2D eigenvalue weighted by molar-refractivity contribution is -0.136. The number of rotatable bonds is 4. The summed E-state index contributed by atoms with van der Waals surface area (Å²) in [5.41, 5.74) is 4.51. The minimum atomic E-state index is -0.835. The highest BCUT2D eigenvalue weighted by Crippen LogP contribution is 2.17. The molecule has 0 bridgehead atoms. The van der Waals surface area contributed by atoms with Crippen LogP contribution in [0.5, 0.6) is 0 Å². The standard InChI is InChI=1S/C12H21N3O5.C5H8.C4H10.C2H6.C2H4.C2H2/c1-12(2,3)20-11(19)14-5-9(17)15-6-7(16)4-8(15)10(13)18;1-3-5-4-2;1-4(2)3;3*1-2/h7-8,16H,4-6H2,1-3H3,(H2,13,18)(H,14,19);3-5H,1H2,2H3;4H,1-3H3;1-2H3;1-2H2;1-2H/b;5-4-;;;;/t7-,8-;;;;;/m0...../s1. The number of β-amino-alcohol motifs (C(OH)–C–C–N with tert-alkyl or cyclic N) is 1. The maximum Gasteiger partial charge on any atom is 0.408 e. The number of carbonyl (C=O) groups is 3. The number of carbonyl (C=O) groups excluding carboxylic acids is 3. The van der Waals surface area contributed by atoms with Crippen molar-refractivity contribution in [3.8, 4) is 12.8 Å². The molecule has 8 heteroatoms. The molecule has 0 aromatic heterocycles. The number of amides is 3. The lowest BCUT2D eigenvalue weighted by Gasteiger charge is -2.23. The molecule has 0 aliphatic carbocycles. The molecule has 1 heterocycles. The van der Waals surface area contributed by atoms with Crippen LogP contribution in [0, 0.1) is 18.8 Å². The first kappa shape index (κ1) is 42.1. The number of allylic oxidation sites excluding steroid dienone is 3. The van der Waals surface area contributed by atoms with Crippen molar-refractivity contribution in [3.05, 3.63) is 38.0 Å². The lowest BCUT2D eigenvalue weighted by Crippen LogP contribution is -2.48. The number of alkyl carbamates (subject to hydrolysis) is 1. The molecule has 3 amide bonds. The number of aliphatic hydroxyl groups excluding tert-OH is 1. The highest BCUT2D eigenvalue weighted by atomic mass is 16.6. The number of likely N-dealkylation sites (tertiary alicyclic amines) is 1. The average molecular weight is 498 g/mol. The molecule has 0 saturated carbocycles. The van der Waals surface area contributed by atoms with Crippen molar-refractivity contribution in [2.24, 2.45) is 11.7 Å². The predicted molar refractivity (Wildman–Crippen MR) is 148 cm³/mol. The Labute approximate surface area is 214 Å². The molecule has 1 aliphatic heterocycles. The summed E-state index contributed by atoms with van der Waals surface area (Å²) in [6, 6.07) is -0.835. The summed E-state index contributed by atoms with van der Waals surface area (Å²) in [5.74, 6) is -0.330. The predicted octanol–water partition coefficient (Wildman–Crippen LogP) is 4.45. The minimum absolute atomic E-state index is 0.0302. The first-order chi connectivity index (χ1) is 16.2. The van der Waals surface area contributed by atoms with Crippen LogP contribution in [0.4, 0.5) is 4.79 Å². The monoisotopic (exact) mass is 497 g/mol. The molecule has 1 aliphatic rings. The first-order valence-electron chi connectivity index (χ1n) is 11.6. The molecule has 0 unspecified atom stereocenters. The third-order valence-electron chi connectivity index (χ3n) is 3.04. The van der Waals surface area contributed by atoms with Gasteiger partial charge in [0.2, 0.25) is 11.8 Å². The van der Waals surface area contributed by atoms with Gasteiger partial charge < -0.3 is 25.8 Å². The van der Waals surface area contributed by atoms with E-state index in [2.05, 4.69) is 58.7 Å². The van der Waals surface area contributed by atoms with Gasteiger partial charge in [-0.25, -0.2) is 4.79 Å². The number of ether oxygens (including phenoxy) is 1. The van der Waals surface area contributed by atoms with E-state index in [-0.39, 0.29) is 19.5 Å². The third-order valence-corrected chi connectivity index (χ3v) is 3.04. The van der Waals surface area contributed by atoms with E-state index in [1.807, 2.05) is 32.9 Å². The Hall–Kier alpha value is -3.05. The topological polar surface area (TPSA) is 122 Å². The number of hydrogen-bond donors (Lipinski definition) is 3. The van der Waals surface area contributed by atoms with Gasteiger partial charge in [0.1, 0.15) is 18.2 Å². The van der Waals surface area contributed by atoms with Crippen molar-refractivity contribution in [2.75, 3.05) is 13.1 Å². The summed E-state index contributed by atoms with van der Waals surface area (Å²) in [6.45, 7) is 26.7. The van der Waals surface area contributed by atoms with Crippen LogP contribution >= 0.6 is 0 Å². The second-order valence-corrected chi connectivity index (χ2v) is 8.20. The Balaban J connectivity index is -0.000000165. The van der Waals surface area contributed by atoms with Crippen molar-refractivity contribution in [1.29, 1.82) is 0 Å². The molecule has 0 radical (unpaired) electrons. The van der Waals surface area contributed by atoms with Crippen LogP contribution in [-0.4, -0.2) is 58.8 Å². The zero-order valence-electron chi connectivity index (χ0n) is 23.5. The van der Waals surface area contributed by atoms with E-state index in [0.717, 1.165) is 5.92 Å². The van der Waals surface area contributed by atoms with Crippen LogP contribution in [0.1, 0.15) is 68.7 Å². The van der Waals surface area contributed by atoms with Crippen molar-refractivity contribution in [1.82, 2.24) is 10.2 Å². The summed E-state index contributed by atoms with van der Waals surface area (Å²) in [7, 11) is 0. The number of aliphatic hydroxyl groups is 1. The van der Waals surface area contributed by atoms with E-state index < -0.39 is 35.7 Å². The van der Waals surface area contributed by atoms with Crippen molar-refractivity contribution < 1.29 is 24.2 Å². The van der Waals surface area contributed by atoms with Crippen LogP contribution in [0.2, 0.25) is 0 Å². The minimum Gasteiger partial charge on any atom is -0.444 e. The van der Waals surface area contributed by atoms with Crippen molar-refractivity contribution >= 4 is 17.9 Å². The van der Waals surface area contributed by atoms with E-state index in [1.165, 1.54) is 4.90 Å². The molecule has 1 saturated heterocycles. The summed E-state index contributed by atoms with van der Waals surface area (Å²) in [5, 5.41) is 11.8. The van der Waals surface area contributed by atoms with E-state index in [0.29, 0.717) is 0 Å². The largest absolute Gasteiger partial charge is 0.444 e. The normalized spacial score (nSPS) is 15.5. The zero-order chi connectivity index (χ0) is 29.2. The molecule has 4 N–H and O–H groups in total. The van der Waals surface area contributed by atoms with E-state index in [1.54, 1.807) is 26.8 Å². The number of nitrogens with one attached hydrogen (secondary N) is 1.